The Balaban J connectivity index is 1.42. The van der Waals surface area contributed by atoms with E-state index in [0.29, 0.717) is 6.54 Å². The topological polar surface area (TPSA) is 54.5 Å². The summed E-state index contributed by atoms with van der Waals surface area (Å²) < 4.78 is 6.59. The highest BCUT2D eigenvalue weighted by molar-refractivity contribution is 7.26. The number of hydrogen-bond donors (Lipinski definition) is 1. The molecule has 1 fully saturated rings. The average molecular weight is 402 g/mol. The molecule has 2 aromatic heterocycles. The lowest BCUT2D eigenvalue weighted by Crippen LogP contribution is -2.55. The van der Waals surface area contributed by atoms with E-state index < -0.39 is 0 Å². The highest BCUT2D eigenvalue weighted by Gasteiger charge is 2.28. The molecule has 1 saturated heterocycles. The van der Waals surface area contributed by atoms with E-state index in [4.69, 9.17) is 4.74 Å². The Morgan fingerprint density at radius 2 is 1.96 bits per heavy atom. The van der Waals surface area contributed by atoms with Crippen LogP contribution in [0.5, 0.6) is 0 Å². The summed E-state index contributed by atoms with van der Waals surface area (Å²) >= 11 is 3.16. The van der Waals surface area contributed by atoms with Crippen LogP contribution in [0.25, 0.3) is 20.1 Å². The molecular weight excluding hydrogens is 378 g/mol. The van der Waals surface area contributed by atoms with E-state index in [9.17, 15) is 4.79 Å². The van der Waals surface area contributed by atoms with Crippen molar-refractivity contribution in [2.45, 2.75) is 19.4 Å². The van der Waals surface area contributed by atoms with E-state index in [2.05, 4.69) is 35.1 Å². The monoisotopic (exact) mass is 401 g/mol. The number of nitrogens with one attached hydrogen (secondary N) is 1. The number of carbonyl (C=O) groups excluding carboxylic acids is 1. The summed E-state index contributed by atoms with van der Waals surface area (Å²) in [5.41, 5.74) is 0.913. The molecule has 3 heterocycles. The molecule has 1 amide bonds. The predicted octanol–water partition coefficient (Wildman–Crippen LogP) is 3.87. The lowest BCUT2D eigenvalue weighted by molar-refractivity contribution is -0.00922. The summed E-state index contributed by atoms with van der Waals surface area (Å²) in [4.78, 5) is 21.4. The van der Waals surface area contributed by atoms with Crippen molar-refractivity contribution in [3.63, 3.8) is 0 Å². The van der Waals surface area contributed by atoms with Crippen LogP contribution >= 0.6 is 22.7 Å². The number of para-hydroxylation sites is 1. The van der Waals surface area contributed by atoms with Crippen LogP contribution in [0, 0.1) is 0 Å². The van der Waals surface area contributed by atoms with Gasteiger partial charge >= 0.3 is 0 Å². The third-order valence-corrected chi connectivity index (χ3v) is 7.17. The minimum atomic E-state index is -0.0907. The van der Waals surface area contributed by atoms with E-state index in [1.54, 1.807) is 11.3 Å². The number of ether oxygens (including phenoxy) is 1. The van der Waals surface area contributed by atoms with Crippen LogP contribution in [-0.4, -0.2) is 54.2 Å². The van der Waals surface area contributed by atoms with Gasteiger partial charge in [-0.25, -0.2) is 4.98 Å². The highest BCUT2D eigenvalue weighted by Crippen LogP contribution is 2.34. The van der Waals surface area contributed by atoms with E-state index in [0.717, 1.165) is 46.6 Å². The molecule has 0 saturated carbocycles. The van der Waals surface area contributed by atoms with Crippen LogP contribution in [-0.2, 0) is 4.74 Å². The largest absolute Gasteiger partial charge is 0.379 e. The van der Waals surface area contributed by atoms with Gasteiger partial charge in [-0.3, -0.25) is 9.69 Å². The van der Waals surface area contributed by atoms with Crippen molar-refractivity contribution in [3.05, 3.63) is 41.3 Å². The molecule has 1 aliphatic rings. The summed E-state index contributed by atoms with van der Waals surface area (Å²) in [7, 11) is 0. The minimum Gasteiger partial charge on any atom is -0.379 e. The van der Waals surface area contributed by atoms with Crippen molar-refractivity contribution in [2.75, 3.05) is 32.8 Å². The van der Waals surface area contributed by atoms with Crippen molar-refractivity contribution in [1.29, 1.82) is 0 Å². The van der Waals surface area contributed by atoms with Crippen LogP contribution in [0.15, 0.2) is 36.4 Å². The maximum absolute atomic E-state index is 12.6. The highest BCUT2D eigenvalue weighted by atomic mass is 32.1. The fraction of sp³-hybridized carbons (Fsp3) is 0.400. The fourth-order valence-electron chi connectivity index (χ4n) is 3.22. The number of amides is 1. The van der Waals surface area contributed by atoms with Gasteiger partial charge in [0.15, 0.2) is 0 Å². The van der Waals surface area contributed by atoms with E-state index >= 15 is 0 Å². The smallest absolute Gasteiger partial charge is 0.261 e. The van der Waals surface area contributed by atoms with Crippen molar-refractivity contribution in [3.8, 4) is 9.88 Å². The maximum atomic E-state index is 12.6. The van der Waals surface area contributed by atoms with Crippen molar-refractivity contribution < 1.29 is 9.53 Å². The Morgan fingerprint density at radius 3 is 2.74 bits per heavy atom. The summed E-state index contributed by atoms with van der Waals surface area (Å²) in [6.45, 7) is 8.27. The Kier molecular flexibility index (Phi) is 5.27. The molecule has 0 aliphatic carbocycles. The Morgan fingerprint density at radius 1 is 1.19 bits per heavy atom. The number of rotatable bonds is 5. The maximum Gasteiger partial charge on any atom is 0.261 e. The molecule has 3 aromatic rings. The van der Waals surface area contributed by atoms with Crippen molar-refractivity contribution in [1.82, 2.24) is 15.2 Å². The van der Waals surface area contributed by atoms with E-state index in [1.807, 2.05) is 30.3 Å². The van der Waals surface area contributed by atoms with Gasteiger partial charge in [0.25, 0.3) is 5.91 Å². The fourth-order valence-corrected chi connectivity index (χ4v) is 5.16. The molecule has 0 atom stereocenters. The van der Waals surface area contributed by atoms with Crippen LogP contribution in [0.4, 0.5) is 0 Å². The Bertz CT molecular complexity index is 909. The Labute approximate surface area is 167 Å². The molecule has 1 aromatic carbocycles. The second kappa shape index (κ2) is 7.67. The molecule has 1 aliphatic heterocycles. The molecule has 27 heavy (non-hydrogen) atoms. The van der Waals surface area contributed by atoms with Crippen molar-refractivity contribution in [2.24, 2.45) is 0 Å². The number of thiophene rings is 1. The second-order valence-corrected chi connectivity index (χ2v) is 9.36. The predicted molar refractivity (Wildman–Crippen MR) is 112 cm³/mol. The molecule has 4 rings (SSSR count). The number of aromatic nitrogens is 1. The molecule has 0 radical (unpaired) electrons. The van der Waals surface area contributed by atoms with E-state index in [-0.39, 0.29) is 11.4 Å². The van der Waals surface area contributed by atoms with Crippen molar-refractivity contribution >= 4 is 38.8 Å². The van der Waals surface area contributed by atoms with Gasteiger partial charge in [0.05, 0.1) is 33.2 Å². The molecular formula is C20H23N3O2S2. The summed E-state index contributed by atoms with van der Waals surface area (Å²) in [6.07, 6.45) is 0. The summed E-state index contributed by atoms with van der Waals surface area (Å²) in [5, 5.41) is 4.07. The molecule has 142 valence electrons. The average Bonchev–Trinajstić information content (AvgIpc) is 3.33. The molecule has 0 unspecified atom stereocenters. The zero-order valence-corrected chi connectivity index (χ0v) is 17.2. The summed E-state index contributed by atoms with van der Waals surface area (Å²) in [6, 6.07) is 12.0. The van der Waals surface area contributed by atoms with Crippen LogP contribution in [0.2, 0.25) is 0 Å². The third-order valence-electron chi connectivity index (χ3n) is 4.88. The van der Waals surface area contributed by atoms with Crippen LogP contribution in [0.3, 0.4) is 0 Å². The first kappa shape index (κ1) is 18.6. The zero-order valence-electron chi connectivity index (χ0n) is 15.5. The first-order chi connectivity index (χ1) is 13.0. The van der Waals surface area contributed by atoms with Crippen LogP contribution in [0.1, 0.15) is 23.5 Å². The van der Waals surface area contributed by atoms with Gasteiger partial charge in [-0.05, 0) is 38.1 Å². The normalized spacial score (nSPS) is 15.9. The van der Waals surface area contributed by atoms with Gasteiger partial charge < -0.3 is 10.1 Å². The number of fused-ring (bicyclic) bond motifs is 1. The van der Waals surface area contributed by atoms with Gasteiger partial charge in [-0.1, -0.05) is 12.1 Å². The lowest BCUT2D eigenvalue weighted by atomic mass is 10.0. The SMILES string of the molecule is CC(C)(CNC(=O)c1ccc(-c2nc3ccccc3s2)s1)N1CCOCC1. The number of morpholine rings is 1. The molecule has 1 N–H and O–H groups in total. The van der Waals surface area contributed by atoms with E-state index in [1.165, 1.54) is 16.0 Å². The van der Waals surface area contributed by atoms with Gasteiger partial charge in [0.1, 0.15) is 5.01 Å². The van der Waals surface area contributed by atoms with Gasteiger partial charge in [0, 0.05) is 25.2 Å². The summed E-state index contributed by atoms with van der Waals surface area (Å²) in [5.74, 6) is -0.0197. The zero-order chi connectivity index (χ0) is 18.9. The first-order valence-corrected chi connectivity index (χ1v) is 10.7. The quantitative estimate of drug-likeness (QED) is 0.705. The number of carbonyl (C=O) groups is 1. The standard InChI is InChI=1S/C20H23N3O2S2/c1-20(2,23-9-11-25-12-10-23)13-21-18(24)16-7-8-17(26-16)19-22-14-5-3-4-6-15(14)27-19/h3-8H,9-13H2,1-2H3,(H,21,24). The molecule has 0 spiro atoms. The molecule has 0 bridgehead atoms. The number of hydrogen-bond acceptors (Lipinski definition) is 6. The number of thiazole rings is 1. The minimum absolute atomic E-state index is 0.0197. The molecule has 7 heteroatoms. The lowest BCUT2D eigenvalue weighted by Gasteiger charge is -2.40. The van der Waals surface area contributed by atoms with Gasteiger partial charge in [0.2, 0.25) is 0 Å². The Hall–Kier alpha value is -1.80. The van der Waals surface area contributed by atoms with Crippen LogP contribution < -0.4 is 5.32 Å². The van der Waals surface area contributed by atoms with Gasteiger partial charge in [-0.2, -0.15) is 0 Å². The number of benzene rings is 1. The second-order valence-electron chi connectivity index (χ2n) is 7.25. The molecule has 5 nitrogen and oxygen atoms in total. The van der Waals surface area contributed by atoms with Gasteiger partial charge in [-0.15, -0.1) is 22.7 Å². The number of nitrogens with zero attached hydrogens (tertiary/aromatic N) is 2. The first-order valence-electron chi connectivity index (χ1n) is 9.10. The third kappa shape index (κ3) is 4.06.